The van der Waals surface area contributed by atoms with E-state index < -0.39 is 47.2 Å². The number of piperidine rings is 1. The molecule has 0 unspecified atom stereocenters. The summed E-state index contributed by atoms with van der Waals surface area (Å²) in [6.45, 7) is 1.34. The number of fused-ring (bicyclic) bond motifs is 1. The summed E-state index contributed by atoms with van der Waals surface area (Å²) < 4.78 is 45.7. The highest BCUT2D eigenvalue weighted by molar-refractivity contribution is 6.30. The SMILES string of the molecule is CC(C)(C(N)=O)[C@H](COCc1cccc(Cl)c1)C(=O)N1CCC2=NN(CC(F)(F)F)C(=O)[C@]2(Cc2ccccn2)C1. The number of hydrazone groups is 1. The summed E-state index contributed by atoms with van der Waals surface area (Å²) in [5.74, 6) is -3.11. The van der Waals surface area contributed by atoms with E-state index in [0.717, 1.165) is 5.56 Å². The predicted octanol–water partition coefficient (Wildman–Crippen LogP) is 3.60. The number of rotatable bonds is 10. The van der Waals surface area contributed by atoms with Gasteiger partial charge in [0.2, 0.25) is 11.8 Å². The van der Waals surface area contributed by atoms with Gasteiger partial charge < -0.3 is 15.4 Å². The van der Waals surface area contributed by atoms with Gasteiger partial charge in [-0.15, -0.1) is 0 Å². The first-order valence-corrected chi connectivity index (χ1v) is 13.4. The van der Waals surface area contributed by atoms with Crippen LogP contribution < -0.4 is 5.73 Å². The molecule has 1 aromatic carbocycles. The van der Waals surface area contributed by atoms with Crippen molar-refractivity contribution in [2.45, 2.75) is 39.5 Å². The Bertz CT molecular complexity index is 1340. The third-order valence-corrected chi connectivity index (χ3v) is 7.85. The molecule has 3 heterocycles. The van der Waals surface area contributed by atoms with Crippen molar-refractivity contribution >= 4 is 35.0 Å². The van der Waals surface area contributed by atoms with Crippen LogP contribution in [0.25, 0.3) is 0 Å². The zero-order chi connectivity index (χ0) is 30.0. The van der Waals surface area contributed by atoms with Crippen LogP contribution in [0.2, 0.25) is 5.02 Å². The van der Waals surface area contributed by atoms with E-state index in [2.05, 4.69) is 10.1 Å². The molecule has 1 aromatic heterocycles. The maximum Gasteiger partial charge on any atom is 0.408 e. The normalized spacial score (nSPS) is 20.0. The number of halogens is 4. The minimum Gasteiger partial charge on any atom is -0.376 e. The van der Waals surface area contributed by atoms with Crippen LogP contribution in [0.3, 0.4) is 0 Å². The highest BCUT2D eigenvalue weighted by Gasteiger charge is 2.57. The lowest BCUT2D eigenvalue weighted by molar-refractivity contribution is -0.164. The molecule has 0 saturated carbocycles. The zero-order valence-electron chi connectivity index (χ0n) is 22.7. The first-order valence-electron chi connectivity index (χ1n) is 13.0. The van der Waals surface area contributed by atoms with Gasteiger partial charge in [0.25, 0.3) is 5.91 Å². The Hall–Kier alpha value is -3.51. The van der Waals surface area contributed by atoms with E-state index in [4.69, 9.17) is 22.1 Å². The number of hydrogen-bond acceptors (Lipinski definition) is 6. The second-order valence-corrected chi connectivity index (χ2v) is 11.3. The average Bonchev–Trinajstić information content (AvgIpc) is 3.15. The van der Waals surface area contributed by atoms with Gasteiger partial charge in [-0.2, -0.15) is 18.3 Å². The molecule has 0 spiro atoms. The quantitative estimate of drug-likeness (QED) is 0.452. The Morgan fingerprint density at radius 1 is 1.20 bits per heavy atom. The number of carbonyl (C=O) groups excluding carboxylic acids is 3. The van der Waals surface area contributed by atoms with Crippen LogP contribution in [-0.2, 0) is 32.1 Å². The first-order chi connectivity index (χ1) is 19.2. The average molecular weight is 594 g/mol. The molecule has 2 aliphatic heterocycles. The van der Waals surface area contributed by atoms with E-state index in [1.54, 1.807) is 42.5 Å². The fourth-order valence-corrected chi connectivity index (χ4v) is 5.38. The molecule has 0 radical (unpaired) electrons. The Kier molecular flexibility index (Phi) is 8.74. The Morgan fingerprint density at radius 3 is 2.59 bits per heavy atom. The molecular formula is C28H31ClF3N5O4. The predicted molar refractivity (Wildman–Crippen MR) is 144 cm³/mol. The molecule has 3 amide bonds. The summed E-state index contributed by atoms with van der Waals surface area (Å²) in [4.78, 5) is 45.7. The van der Waals surface area contributed by atoms with Crippen molar-refractivity contribution in [3.63, 3.8) is 0 Å². The molecule has 4 rings (SSSR count). The van der Waals surface area contributed by atoms with Gasteiger partial charge in [-0.05, 0) is 29.8 Å². The second kappa shape index (κ2) is 11.8. The van der Waals surface area contributed by atoms with E-state index in [9.17, 15) is 27.6 Å². The van der Waals surface area contributed by atoms with Gasteiger partial charge in [0.1, 0.15) is 12.0 Å². The van der Waals surface area contributed by atoms with Crippen LogP contribution in [0, 0.1) is 16.7 Å². The molecular weight excluding hydrogens is 563 g/mol. The maximum absolute atomic E-state index is 14.0. The summed E-state index contributed by atoms with van der Waals surface area (Å²) in [6, 6.07) is 12.0. The summed E-state index contributed by atoms with van der Waals surface area (Å²) >= 11 is 6.04. The van der Waals surface area contributed by atoms with Gasteiger partial charge in [0, 0.05) is 42.8 Å². The monoisotopic (exact) mass is 593 g/mol. The van der Waals surface area contributed by atoms with Gasteiger partial charge in [-0.1, -0.05) is 43.6 Å². The molecule has 1 saturated heterocycles. The van der Waals surface area contributed by atoms with Crippen molar-refractivity contribution in [1.29, 1.82) is 0 Å². The summed E-state index contributed by atoms with van der Waals surface area (Å²) in [7, 11) is 0. The number of nitrogens with two attached hydrogens (primary N) is 1. The molecule has 0 bridgehead atoms. The maximum atomic E-state index is 14.0. The van der Waals surface area contributed by atoms with E-state index in [-0.39, 0.29) is 44.9 Å². The molecule has 2 atom stereocenters. The lowest BCUT2D eigenvalue weighted by atomic mass is 9.72. The number of amides is 3. The van der Waals surface area contributed by atoms with Crippen LogP contribution in [-0.4, -0.2) is 70.7 Å². The molecule has 220 valence electrons. The fourth-order valence-electron chi connectivity index (χ4n) is 5.16. The largest absolute Gasteiger partial charge is 0.408 e. The third-order valence-electron chi connectivity index (χ3n) is 7.61. The molecule has 9 nitrogen and oxygen atoms in total. The Labute approximate surface area is 240 Å². The van der Waals surface area contributed by atoms with Crippen molar-refractivity contribution in [2.24, 2.45) is 27.6 Å². The second-order valence-electron chi connectivity index (χ2n) is 10.9. The molecule has 2 aromatic rings. The number of ether oxygens (including phenoxy) is 1. The van der Waals surface area contributed by atoms with Crippen molar-refractivity contribution < 1.29 is 32.3 Å². The van der Waals surface area contributed by atoms with Crippen molar-refractivity contribution in [3.8, 4) is 0 Å². The van der Waals surface area contributed by atoms with Crippen LogP contribution in [0.4, 0.5) is 13.2 Å². The molecule has 2 aliphatic rings. The van der Waals surface area contributed by atoms with Crippen molar-refractivity contribution in [3.05, 3.63) is 64.9 Å². The number of likely N-dealkylation sites (tertiary alicyclic amines) is 1. The van der Waals surface area contributed by atoms with Gasteiger partial charge >= 0.3 is 6.18 Å². The van der Waals surface area contributed by atoms with Crippen LogP contribution >= 0.6 is 11.6 Å². The highest BCUT2D eigenvalue weighted by atomic mass is 35.5. The minimum absolute atomic E-state index is 0.0429. The molecule has 13 heteroatoms. The number of benzene rings is 1. The van der Waals surface area contributed by atoms with Gasteiger partial charge in [-0.3, -0.25) is 19.4 Å². The highest BCUT2D eigenvalue weighted by Crippen LogP contribution is 2.41. The zero-order valence-corrected chi connectivity index (χ0v) is 23.4. The van der Waals surface area contributed by atoms with E-state index in [1.807, 2.05) is 0 Å². The van der Waals surface area contributed by atoms with Gasteiger partial charge in [0.05, 0.1) is 30.3 Å². The molecule has 1 fully saturated rings. The minimum atomic E-state index is -4.66. The van der Waals surface area contributed by atoms with E-state index in [1.165, 1.54) is 24.9 Å². The first kappa shape index (κ1) is 30.4. The molecule has 2 N–H and O–H groups in total. The Morgan fingerprint density at radius 2 is 1.95 bits per heavy atom. The standard InChI is InChI=1S/C28H31ClF3N5O4/c1-26(2,24(33)39)21(15-41-14-18-6-5-7-19(29)12-18)23(38)36-11-9-22-27(16-36,13-20-8-3-4-10-34-20)25(40)37(35-22)17-28(30,31)32/h3-8,10,12,21H,9,11,13-17H2,1-2H3,(H2,33,39)/t21-,27-/m1/s1. The van der Waals surface area contributed by atoms with Crippen molar-refractivity contribution in [1.82, 2.24) is 14.9 Å². The summed E-state index contributed by atoms with van der Waals surface area (Å²) in [6.07, 6.45) is -3.11. The van der Waals surface area contributed by atoms with Crippen molar-refractivity contribution in [2.75, 3.05) is 26.2 Å². The number of nitrogens with zero attached hydrogens (tertiary/aromatic N) is 4. The van der Waals surface area contributed by atoms with Crippen LogP contribution in [0.5, 0.6) is 0 Å². The number of hydrogen-bond donors (Lipinski definition) is 1. The number of alkyl halides is 3. The van der Waals surface area contributed by atoms with E-state index in [0.29, 0.717) is 15.7 Å². The van der Waals surface area contributed by atoms with Gasteiger partial charge in [-0.25, -0.2) is 5.01 Å². The van der Waals surface area contributed by atoms with Crippen LogP contribution in [0.1, 0.15) is 31.5 Å². The topological polar surface area (TPSA) is 118 Å². The smallest absolute Gasteiger partial charge is 0.376 e. The summed E-state index contributed by atoms with van der Waals surface area (Å²) in [5, 5.41) is 5.01. The number of aromatic nitrogens is 1. The number of primary amides is 1. The third kappa shape index (κ3) is 6.70. The number of carbonyl (C=O) groups is 3. The van der Waals surface area contributed by atoms with Crippen LogP contribution in [0.15, 0.2) is 53.8 Å². The Balaban J connectivity index is 1.61. The number of pyridine rings is 1. The van der Waals surface area contributed by atoms with E-state index >= 15 is 0 Å². The lowest BCUT2D eigenvalue weighted by Crippen LogP contribution is -2.59. The van der Waals surface area contributed by atoms with Gasteiger partial charge in [0.15, 0.2) is 0 Å². The lowest BCUT2D eigenvalue weighted by Gasteiger charge is -2.42. The molecule has 0 aliphatic carbocycles. The molecule has 41 heavy (non-hydrogen) atoms. The fraction of sp³-hybridized carbons (Fsp3) is 0.464. The summed E-state index contributed by atoms with van der Waals surface area (Å²) in [5.41, 5.74) is 4.30.